The van der Waals surface area contributed by atoms with Crippen molar-refractivity contribution in [3.63, 3.8) is 0 Å². The fourth-order valence-corrected chi connectivity index (χ4v) is 2.41. The minimum absolute atomic E-state index is 0.610. The van der Waals surface area contributed by atoms with Crippen molar-refractivity contribution in [2.24, 2.45) is 0 Å². The van der Waals surface area contributed by atoms with Crippen LogP contribution in [0.5, 0.6) is 0 Å². The van der Waals surface area contributed by atoms with Gasteiger partial charge in [0.05, 0.1) is 12.8 Å². The number of thioether (sulfide) groups is 1. The Morgan fingerprint density at radius 3 is 2.94 bits per heavy atom. The summed E-state index contributed by atoms with van der Waals surface area (Å²) in [5.74, 6) is 2.29. The highest BCUT2D eigenvalue weighted by molar-refractivity contribution is 7.98. The van der Waals surface area contributed by atoms with Gasteiger partial charge in [0.25, 0.3) is 0 Å². The second-order valence-corrected chi connectivity index (χ2v) is 5.68. The SMILES string of the molecule is CCNCc1occc1CN(C)C(C)CCSC. The van der Waals surface area contributed by atoms with Gasteiger partial charge in [-0.2, -0.15) is 11.8 Å². The molecule has 1 heterocycles. The third-order valence-electron chi connectivity index (χ3n) is 3.29. The second kappa shape index (κ2) is 8.62. The van der Waals surface area contributed by atoms with Crippen LogP contribution in [0, 0.1) is 0 Å². The molecule has 0 saturated heterocycles. The molecule has 0 radical (unpaired) electrons. The monoisotopic (exact) mass is 270 g/mol. The molecule has 0 aliphatic rings. The van der Waals surface area contributed by atoms with Gasteiger partial charge in [0.15, 0.2) is 0 Å². The molecule has 1 atom stereocenters. The van der Waals surface area contributed by atoms with E-state index in [-0.39, 0.29) is 0 Å². The van der Waals surface area contributed by atoms with E-state index in [0.29, 0.717) is 6.04 Å². The Bertz CT molecular complexity index is 327. The lowest BCUT2D eigenvalue weighted by molar-refractivity contribution is 0.243. The molecule has 0 fully saturated rings. The van der Waals surface area contributed by atoms with Crippen molar-refractivity contribution < 1.29 is 4.42 Å². The van der Waals surface area contributed by atoms with Crippen LogP contribution in [0.4, 0.5) is 0 Å². The second-order valence-electron chi connectivity index (χ2n) is 4.69. The highest BCUT2D eigenvalue weighted by atomic mass is 32.2. The molecule has 1 unspecified atom stereocenters. The molecule has 1 aromatic rings. The summed E-state index contributed by atoms with van der Waals surface area (Å²) in [6.07, 6.45) is 5.19. The number of hydrogen-bond acceptors (Lipinski definition) is 4. The van der Waals surface area contributed by atoms with Crippen LogP contribution in [0.15, 0.2) is 16.7 Å². The Morgan fingerprint density at radius 1 is 1.50 bits per heavy atom. The third-order valence-corrected chi connectivity index (χ3v) is 3.93. The van der Waals surface area contributed by atoms with E-state index in [2.05, 4.69) is 43.4 Å². The van der Waals surface area contributed by atoms with E-state index in [1.54, 1.807) is 6.26 Å². The van der Waals surface area contributed by atoms with Crippen LogP contribution in [0.3, 0.4) is 0 Å². The zero-order valence-electron chi connectivity index (χ0n) is 12.0. The summed E-state index contributed by atoms with van der Waals surface area (Å²) < 4.78 is 5.54. The van der Waals surface area contributed by atoms with Crippen LogP contribution in [-0.4, -0.2) is 36.5 Å². The molecule has 1 N–H and O–H groups in total. The van der Waals surface area contributed by atoms with Gasteiger partial charge in [-0.05, 0) is 45.0 Å². The molecular formula is C14H26N2OS. The Balaban J connectivity index is 2.47. The van der Waals surface area contributed by atoms with E-state index < -0.39 is 0 Å². The van der Waals surface area contributed by atoms with Gasteiger partial charge in [-0.15, -0.1) is 0 Å². The molecule has 0 bridgehead atoms. The van der Waals surface area contributed by atoms with Gasteiger partial charge < -0.3 is 9.73 Å². The van der Waals surface area contributed by atoms with E-state index in [1.807, 2.05) is 11.8 Å². The fourth-order valence-electron chi connectivity index (χ4n) is 1.83. The molecule has 0 aromatic carbocycles. The summed E-state index contributed by atoms with van der Waals surface area (Å²) in [5, 5.41) is 3.31. The molecule has 1 aromatic heterocycles. The Kier molecular flexibility index (Phi) is 7.47. The average molecular weight is 270 g/mol. The van der Waals surface area contributed by atoms with Crippen molar-refractivity contribution >= 4 is 11.8 Å². The van der Waals surface area contributed by atoms with E-state index in [0.717, 1.165) is 25.4 Å². The van der Waals surface area contributed by atoms with Crippen LogP contribution in [0.2, 0.25) is 0 Å². The van der Waals surface area contributed by atoms with E-state index in [4.69, 9.17) is 4.42 Å². The van der Waals surface area contributed by atoms with Crippen molar-refractivity contribution in [2.75, 3.05) is 25.6 Å². The van der Waals surface area contributed by atoms with Gasteiger partial charge in [0.2, 0.25) is 0 Å². The van der Waals surface area contributed by atoms with Crippen molar-refractivity contribution in [1.29, 1.82) is 0 Å². The topological polar surface area (TPSA) is 28.4 Å². The molecule has 0 saturated carbocycles. The number of hydrogen-bond donors (Lipinski definition) is 1. The minimum atomic E-state index is 0.610. The quantitative estimate of drug-likeness (QED) is 0.747. The Hall–Kier alpha value is -0.450. The minimum Gasteiger partial charge on any atom is -0.468 e. The molecular weight excluding hydrogens is 244 g/mol. The van der Waals surface area contributed by atoms with Gasteiger partial charge in [-0.1, -0.05) is 6.92 Å². The number of rotatable bonds is 9. The third kappa shape index (κ3) is 5.04. The van der Waals surface area contributed by atoms with Crippen molar-refractivity contribution in [2.45, 2.75) is 39.4 Å². The lowest BCUT2D eigenvalue weighted by atomic mass is 10.2. The molecule has 3 nitrogen and oxygen atoms in total. The van der Waals surface area contributed by atoms with E-state index in [9.17, 15) is 0 Å². The van der Waals surface area contributed by atoms with Crippen LogP contribution in [-0.2, 0) is 13.1 Å². The summed E-state index contributed by atoms with van der Waals surface area (Å²) in [5.41, 5.74) is 1.30. The van der Waals surface area contributed by atoms with Gasteiger partial charge in [0, 0.05) is 18.2 Å². The average Bonchev–Trinajstić information content (AvgIpc) is 2.80. The Morgan fingerprint density at radius 2 is 2.28 bits per heavy atom. The van der Waals surface area contributed by atoms with Gasteiger partial charge in [-0.3, -0.25) is 4.90 Å². The highest BCUT2D eigenvalue weighted by Gasteiger charge is 2.13. The largest absolute Gasteiger partial charge is 0.468 e. The lowest BCUT2D eigenvalue weighted by Crippen LogP contribution is -2.29. The van der Waals surface area contributed by atoms with Gasteiger partial charge in [0.1, 0.15) is 5.76 Å². The molecule has 4 heteroatoms. The van der Waals surface area contributed by atoms with E-state index >= 15 is 0 Å². The first kappa shape index (κ1) is 15.6. The standard InChI is InChI=1S/C14H26N2OS/c1-5-15-10-14-13(6-8-17-14)11-16(3)12(2)7-9-18-4/h6,8,12,15H,5,7,9-11H2,1-4H3. The predicted octanol–water partition coefficient (Wildman–Crippen LogP) is 2.96. The molecule has 0 aliphatic heterocycles. The molecule has 18 heavy (non-hydrogen) atoms. The summed E-state index contributed by atoms with van der Waals surface area (Å²) >= 11 is 1.91. The maximum atomic E-state index is 5.54. The molecule has 104 valence electrons. The summed E-state index contributed by atoms with van der Waals surface area (Å²) in [7, 11) is 2.19. The number of furan rings is 1. The van der Waals surface area contributed by atoms with Crippen LogP contribution >= 0.6 is 11.8 Å². The summed E-state index contributed by atoms with van der Waals surface area (Å²) in [4.78, 5) is 2.40. The molecule has 0 aliphatic carbocycles. The van der Waals surface area contributed by atoms with Gasteiger partial charge >= 0.3 is 0 Å². The zero-order chi connectivity index (χ0) is 13.4. The predicted molar refractivity (Wildman–Crippen MR) is 80.0 cm³/mol. The first-order chi connectivity index (χ1) is 8.69. The lowest BCUT2D eigenvalue weighted by Gasteiger charge is -2.24. The highest BCUT2D eigenvalue weighted by Crippen LogP contribution is 2.15. The van der Waals surface area contributed by atoms with E-state index in [1.165, 1.54) is 17.7 Å². The normalized spacial score (nSPS) is 13.2. The number of nitrogens with one attached hydrogen (secondary N) is 1. The molecule has 1 rings (SSSR count). The maximum absolute atomic E-state index is 5.54. The smallest absolute Gasteiger partial charge is 0.122 e. The number of nitrogens with zero attached hydrogens (tertiary/aromatic N) is 1. The first-order valence-electron chi connectivity index (χ1n) is 6.64. The van der Waals surface area contributed by atoms with Crippen LogP contribution in [0.1, 0.15) is 31.6 Å². The van der Waals surface area contributed by atoms with Crippen LogP contribution in [0.25, 0.3) is 0 Å². The Labute approximate surface area is 115 Å². The van der Waals surface area contributed by atoms with Gasteiger partial charge in [-0.25, -0.2) is 0 Å². The molecule has 0 spiro atoms. The van der Waals surface area contributed by atoms with Crippen LogP contribution < -0.4 is 5.32 Å². The summed E-state index contributed by atoms with van der Waals surface area (Å²) in [6.45, 7) is 7.16. The van der Waals surface area contributed by atoms with Crippen molar-refractivity contribution in [3.8, 4) is 0 Å². The molecule has 0 amide bonds. The first-order valence-corrected chi connectivity index (χ1v) is 8.03. The summed E-state index contributed by atoms with van der Waals surface area (Å²) in [6, 6.07) is 2.70. The maximum Gasteiger partial charge on any atom is 0.122 e. The zero-order valence-corrected chi connectivity index (χ0v) is 12.8. The fraction of sp³-hybridized carbons (Fsp3) is 0.714. The van der Waals surface area contributed by atoms with Crippen molar-refractivity contribution in [1.82, 2.24) is 10.2 Å². The van der Waals surface area contributed by atoms with Crippen molar-refractivity contribution in [3.05, 3.63) is 23.7 Å².